The van der Waals surface area contributed by atoms with Crippen molar-refractivity contribution in [1.29, 1.82) is 0 Å². The molecule has 0 fully saturated rings. The van der Waals surface area contributed by atoms with Crippen LogP contribution in [0.15, 0.2) is 24.3 Å². The Balaban J connectivity index is 2.04. The van der Waals surface area contributed by atoms with Crippen molar-refractivity contribution in [2.45, 2.75) is 18.9 Å². The van der Waals surface area contributed by atoms with Gasteiger partial charge in [-0.1, -0.05) is 11.6 Å². The number of unbranched alkanes of at least 4 members (excludes halogenated alkanes) is 1. The van der Waals surface area contributed by atoms with Crippen LogP contribution in [0.3, 0.4) is 0 Å². The van der Waals surface area contributed by atoms with Crippen molar-refractivity contribution in [3.05, 3.63) is 29.3 Å². The molecule has 2 N–H and O–H groups in total. The van der Waals surface area contributed by atoms with Gasteiger partial charge >= 0.3 is 0 Å². The fourth-order valence-corrected chi connectivity index (χ4v) is 2.17. The largest absolute Gasteiger partial charge is 0.491 e. The number of benzene rings is 1. The average Bonchev–Trinajstić information content (AvgIpc) is 2.42. The Hall–Kier alpha value is -0.420. The quantitative estimate of drug-likeness (QED) is 0.652. The Morgan fingerprint density at radius 1 is 1.32 bits per heavy atom. The zero-order valence-corrected chi connectivity index (χ0v) is 12.8. The molecule has 108 valence electrons. The van der Waals surface area contributed by atoms with Gasteiger partial charge in [-0.3, -0.25) is 0 Å². The van der Waals surface area contributed by atoms with Crippen molar-refractivity contribution in [2.24, 2.45) is 0 Å². The summed E-state index contributed by atoms with van der Waals surface area (Å²) in [7, 11) is 0. The van der Waals surface area contributed by atoms with E-state index in [1.54, 1.807) is 24.3 Å². The Bertz CT molecular complexity index is 335. The average molecular weight is 304 g/mol. The lowest BCUT2D eigenvalue weighted by Gasteiger charge is -2.13. The number of ether oxygens (including phenoxy) is 1. The number of thioether (sulfide) groups is 1. The van der Waals surface area contributed by atoms with E-state index in [0.29, 0.717) is 18.2 Å². The monoisotopic (exact) mass is 303 g/mol. The van der Waals surface area contributed by atoms with Crippen molar-refractivity contribution >= 4 is 23.4 Å². The maximum atomic E-state index is 9.75. The van der Waals surface area contributed by atoms with E-state index in [0.717, 1.165) is 18.7 Å². The molecule has 1 aromatic rings. The van der Waals surface area contributed by atoms with Crippen LogP contribution in [-0.4, -0.2) is 42.9 Å². The molecule has 0 spiro atoms. The lowest BCUT2D eigenvalue weighted by atomic mass is 10.3. The van der Waals surface area contributed by atoms with Crippen LogP contribution < -0.4 is 10.1 Å². The summed E-state index contributed by atoms with van der Waals surface area (Å²) in [6, 6.07) is 7.14. The smallest absolute Gasteiger partial charge is 0.119 e. The predicted octanol–water partition coefficient (Wildman–Crippen LogP) is 2.81. The second kappa shape index (κ2) is 10.4. The van der Waals surface area contributed by atoms with Crippen LogP contribution in [0, 0.1) is 0 Å². The van der Waals surface area contributed by atoms with Crippen LogP contribution in [0.4, 0.5) is 0 Å². The third kappa shape index (κ3) is 8.37. The van der Waals surface area contributed by atoms with Gasteiger partial charge in [-0.15, -0.1) is 0 Å². The highest BCUT2D eigenvalue weighted by Gasteiger charge is 2.04. The lowest BCUT2D eigenvalue weighted by molar-refractivity contribution is 0.106. The molecule has 0 aliphatic carbocycles. The van der Waals surface area contributed by atoms with Crippen molar-refractivity contribution < 1.29 is 9.84 Å². The van der Waals surface area contributed by atoms with Gasteiger partial charge in [0.05, 0.1) is 0 Å². The van der Waals surface area contributed by atoms with Gasteiger partial charge < -0.3 is 15.2 Å². The predicted molar refractivity (Wildman–Crippen MR) is 83.4 cm³/mol. The molecule has 1 aromatic carbocycles. The third-order valence-electron chi connectivity index (χ3n) is 2.59. The van der Waals surface area contributed by atoms with E-state index in [1.165, 1.54) is 12.2 Å². The topological polar surface area (TPSA) is 41.5 Å². The van der Waals surface area contributed by atoms with Gasteiger partial charge in [0.2, 0.25) is 0 Å². The van der Waals surface area contributed by atoms with E-state index < -0.39 is 6.10 Å². The second-order valence-electron chi connectivity index (χ2n) is 4.32. The van der Waals surface area contributed by atoms with Crippen LogP contribution >= 0.6 is 23.4 Å². The van der Waals surface area contributed by atoms with Crippen LogP contribution in [-0.2, 0) is 0 Å². The first-order chi connectivity index (χ1) is 9.22. The van der Waals surface area contributed by atoms with Gasteiger partial charge in [0, 0.05) is 11.6 Å². The summed E-state index contributed by atoms with van der Waals surface area (Å²) >= 11 is 7.64. The van der Waals surface area contributed by atoms with Gasteiger partial charge in [-0.05, 0) is 55.7 Å². The number of hydrogen-bond donors (Lipinski definition) is 2. The van der Waals surface area contributed by atoms with Gasteiger partial charge in [-0.2, -0.15) is 11.8 Å². The minimum Gasteiger partial charge on any atom is -0.491 e. The summed E-state index contributed by atoms with van der Waals surface area (Å²) in [5.41, 5.74) is 0. The van der Waals surface area contributed by atoms with E-state index >= 15 is 0 Å². The molecular formula is C14H22ClNO2S. The zero-order valence-electron chi connectivity index (χ0n) is 11.3. The molecule has 0 heterocycles. The lowest BCUT2D eigenvalue weighted by Crippen LogP contribution is -2.32. The van der Waals surface area contributed by atoms with Gasteiger partial charge in [-0.25, -0.2) is 0 Å². The van der Waals surface area contributed by atoms with E-state index in [4.69, 9.17) is 16.3 Å². The number of halogens is 1. The number of nitrogens with one attached hydrogen (secondary N) is 1. The van der Waals surface area contributed by atoms with Crippen LogP contribution in [0.2, 0.25) is 5.02 Å². The fraction of sp³-hybridized carbons (Fsp3) is 0.571. The highest BCUT2D eigenvalue weighted by atomic mass is 35.5. The fourth-order valence-electron chi connectivity index (χ4n) is 1.55. The summed E-state index contributed by atoms with van der Waals surface area (Å²) in [4.78, 5) is 0. The molecule has 3 nitrogen and oxygen atoms in total. The zero-order chi connectivity index (χ0) is 13.9. The molecule has 0 saturated carbocycles. The molecule has 19 heavy (non-hydrogen) atoms. The van der Waals surface area contributed by atoms with Gasteiger partial charge in [0.15, 0.2) is 0 Å². The molecule has 0 bridgehead atoms. The molecule has 0 aliphatic heterocycles. The van der Waals surface area contributed by atoms with Crippen molar-refractivity contribution in [3.63, 3.8) is 0 Å². The first-order valence-corrected chi connectivity index (χ1v) is 8.25. The Labute approximate surface area is 124 Å². The highest BCUT2D eigenvalue weighted by Crippen LogP contribution is 2.15. The molecule has 0 aliphatic rings. The highest BCUT2D eigenvalue weighted by molar-refractivity contribution is 7.98. The van der Waals surface area contributed by atoms with Crippen LogP contribution in [0.5, 0.6) is 5.75 Å². The molecule has 0 aromatic heterocycles. The van der Waals surface area contributed by atoms with Gasteiger partial charge in [0.1, 0.15) is 18.5 Å². The molecule has 0 radical (unpaired) electrons. The summed E-state index contributed by atoms with van der Waals surface area (Å²) in [5, 5.41) is 13.7. The van der Waals surface area contributed by atoms with E-state index in [9.17, 15) is 5.11 Å². The second-order valence-corrected chi connectivity index (χ2v) is 5.74. The first-order valence-electron chi connectivity index (χ1n) is 6.48. The van der Waals surface area contributed by atoms with E-state index in [2.05, 4.69) is 11.6 Å². The minimum atomic E-state index is -0.490. The number of rotatable bonds is 10. The van der Waals surface area contributed by atoms with E-state index in [-0.39, 0.29) is 0 Å². The Morgan fingerprint density at radius 3 is 2.74 bits per heavy atom. The standard InChI is InChI=1S/C14H22ClNO2S/c1-19-9-3-2-8-16-10-13(17)11-18-14-6-4-12(15)5-7-14/h4-7,13,16-17H,2-3,8-11H2,1H3. The Morgan fingerprint density at radius 2 is 2.05 bits per heavy atom. The third-order valence-corrected chi connectivity index (χ3v) is 3.54. The van der Waals surface area contributed by atoms with Crippen LogP contribution in [0.25, 0.3) is 0 Å². The molecule has 5 heteroatoms. The Kier molecular flexibility index (Phi) is 9.08. The number of aliphatic hydroxyl groups excluding tert-OH is 1. The molecule has 0 saturated heterocycles. The molecule has 1 atom stereocenters. The molecule has 0 amide bonds. The van der Waals surface area contributed by atoms with Gasteiger partial charge in [0.25, 0.3) is 0 Å². The van der Waals surface area contributed by atoms with Crippen molar-refractivity contribution in [2.75, 3.05) is 31.7 Å². The summed E-state index contributed by atoms with van der Waals surface area (Å²) in [6.07, 6.45) is 3.99. The maximum Gasteiger partial charge on any atom is 0.119 e. The SMILES string of the molecule is CSCCCCNCC(O)COc1ccc(Cl)cc1. The normalized spacial score (nSPS) is 12.4. The minimum absolute atomic E-state index is 0.291. The van der Waals surface area contributed by atoms with Crippen molar-refractivity contribution in [3.8, 4) is 5.75 Å². The molecular weight excluding hydrogens is 282 g/mol. The summed E-state index contributed by atoms with van der Waals surface area (Å²) < 4.78 is 5.47. The van der Waals surface area contributed by atoms with Crippen LogP contribution in [0.1, 0.15) is 12.8 Å². The van der Waals surface area contributed by atoms with E-state index in [1.807, 2.05) is 11.8 Å². The molecule has 1 rings (SSSR count). The number of aliphatic hydroxyl groups is 1. The summed E-state index contributed by atoms with van der Waals surface area (Å²) in [5.74, 6) is 1.92. The molecule has 1 unspecified atom stereocenters. The summed E-state index contributed by atoms with van der Waals surface area (Å²) in [6.45, 7) is 1.80. The first kappa shape index (κ1) is 16.6. The maximum absolute atomic E-state index is 9.75. The van der Waals surface area contributed by atoms with Crippen molar-refractivity contribution in [1.82, 2.24) is 5.32 Å². The number of hydrogen-bond acceptors (Lipinski definition) is 4.